The van der Waals surface area contributed by atoms with Crippen molar-refractivity contribution in [2.24, 2.45) is 0 Å². The predicted molar refractivity (Wildman–Crippen MR) is 334 cm³/mol. The van der Waals surface area contributed by atoms with Crippen LogP contribution in [0.2, 0.25) is 0 Å². The number of benzene rings is 14. The first-order valence-electron chi connectivity index (χ1n) is 27.2. The fraction of sp³-hybridized carbons (Fsp3) is 0.0526. The van der Waals surface area contributed by atoms with Gasteiger partial charge in [0.15, 0.2) is 0 Å². The molecule has 2 heteroatoms. The zero-order valence-corrected chi connectivity index (χ0v) is 43.9. The highest BCUT2D eigenvalue weighted by Crippen LogP contribution is 2.54. The molecule has 0 aromatic heterocycles. The molecule has 0 aliphatic heterocycles. The molecule has 0 radical (unpaired) electrons. The Kier molecular flexibility index (Phi) is 10.5. The summed E-state index contributed by atoms with van der Waals surface area (Å²) in [4.78, 5) is 4.90. The number of hydrogen-bond donors (Lipinski definition) is 0. The molecule has 15 rings (SSSR count). The maximum absolute atomic E-state index is 2.48. The van der Waals surface area contributed by atoms with Crippen molar-refractivity contribution in [2.45, 2.75) is 26.2 Å². The van der Waals surface area contributed by atoms with Crippen LogP contribution in [-0.4, -0.2) is 0 Å². The van der Waals surface area contributed by atoms with Crippen molar-refractivity contribution >= 4 is 98.8 Å². The molecular weight excluding hydrogens is 941 g/mol. The van der Waals surface area contributed by atoms with Gasteiger partial charge in [0.25, 0.3) is 0 Å². The summed E-state index contributed by atoms with van der Waals surface area (Å²) >= 11 is 0. The molecule has 0 heterocycles. The van der Waals surface area contributed by atoms with E-state index in [1.165, 1.54) is 115 Å². The van der Waals surface area contributed by atoms with Crippen LogP contribution in [0, 0.1) is 6.92 Å². The normalized spacial score (nSPS) is 12.7. The Balaban J connectivity index is 0.897. The summed E-state index contributed by atoms with van der Waals surface area (Å²) < 4.78 is 0. The number of rotatable bonds is 8. The van der Waals surface area contributed by atoms with E-state index in [0.717, 1.165) is 34.1 Å². The highest BCUT2D eigenvalue weighted by Gasteiger charge is 2.36. The maximum atomic E-state index is 2.48. The quantitative estimate of drug-likeness (QED) is 0.140. The molecule has 0 fully saturated rings. The molecule has 0 atom stereocenters. The van der Waals surface area contributed by atoms with Crippen molar-refractivity contribution in [3.05, 3.63) is 290 Å². The summed E-state index contributed by atoms with van der Waals surface area (Å²) in [6.45, 7) is 7.20. The molecular formula is C76H54N2. The summed E-state index contributed by atoms with van der Waals surface area (Å²) in [6, 6.07) is 101. The van der Waals surface area contributed by atoms with E-state index in [1.807, 2.05) is 0 Å². The van der Waals surface area contributed by atoms with E-state index in [0.29, 0.717) is 0 Å². The summed E-state index contributed by atoms with van der Waals surface area (Å²) in [5.41, 5.74) is 17.8. The minimum Gasteiger partial charge on any atom is -0.310 e. The molecule has 14 aromatic carbocycles. The number of hydrogen-bond acceptors (Lipinski definition) is 2. The first kappa shape index (κ1) is 45.6. The standard InChI is InChI=1S/C76H54N2/c1-49-64-43-41-62(77(58-35-29-52(30-36-58)50-15-6-4-7-16-50)60-39-33-56-27-25-54-19-10-12-21-65(54)69(56)45-60)47-71(64)67-23-14-24-72-75(67)74(49)68-44-42-63(48-73(68)76(72,2)3)78(59-37-31-53(32-38-59)51-17-8-5-9-18-51)61-40-34-57-28-26-55-20-11-13-22-66(55)70(57)46-61/h4-48H,1-3H3. The maximum Gasteiger partial charge on any atom is 0.0468 e. The molecule has 0 spiro atoms. The van der Waals surface area contributed by atoms with Crippen LogP contribution < -0.4 is 9.80 Å². The van der Waals surface area contributed by atoms with Crippen molar-refractivity contribution in [2.75, 3.05) is 9.80 Å². The van der Waals surface area contributed by atoms with Gasteiger partial charge in [-0.25, -0.2) is 0 Å². The van der Waals surface area contributed by atoms with Gasteiger partial charge in [0.2, 0.25) is 0 Å². The van der Waals surface area contributed by atoms with Crippen LogP contribution in [0.4, 0.5) is 34.1 Å². The lowest BCUT2D eigenvalue weighted by Gasteiger charge is -2.38. The smallest absolute Gasteiger partial charge is 0.0468 e. The van der Waals surface area contributed by atoms with E-state index >= 15 is 0 Å². The highest BCUT2D eigenvalue weighted by molar-refractivity contribution is 6.20. The molecule has 78 heavy (non-hydrogen) atoms. The lowest BCUT2D eigenvalue weighted by Crippen LogP contribution is -2.25. The minimum atomic E-state index is -0.321. The Labute approximate surface area is 455 Å². The van der Waals surface area contributed by atoms with Gasteiger partial charge in [-0.15, -0.1) is 0 Å². The topological polar surface area (TPSA) is 6.48 Å². The van der Waals surface area contributed by atoms with Crippen LogP contribution >= 0.6 is 0 Å². The average Bonchev–Trinajstić information content (AvgIpc) is 3.68. The number of anilines is 6. The molecule has 0 N–H and O–H groups in total. The first-order chi connectivity index (χ1) is 38.3. The van der Waals surface area contributed by atoms with E-state index in [9.17, 15) is 0 Å². The van der Waals surface area contributed by atoms with Crippen LogP contribution in [0.25, 0.3) is 98.0 Å². The van der Waals surface area contributed by atoms with E-state index in [-0.39, 0.29) is 5.41 Å². The third-order valence-electron chi connectivity index (χ3n) is 17.0. The predicted octanol–water partition coefficient (Wildman–Crippen LogP) is 21.5. The molecule has 368 valence electrons. The van der Waals surface area contributed by atoms with Gasteiger partial charge in [0.1, 0.15) is 0 Å². The van der Waals surface area contributed by atoms with Crippen LogP contribution in [0.1, 0.15) is 30.5 Å². The van der Waals surface area contributed by atoms with Crippen LogP contribution in [0.3, 0.4) is 0 Å². The molecule has 0 saturated carbocycles. The van der Waals surface area contributed by atoms with Gasteiger partial charge in [-0.05, 0) is 194 Å². The largest absolute Gasteiger partial charge is 0.310 e. The number of aryl methyl sites for hydroxylation is 1. The SMILES string of the molecule is Cc1c2c3c(cccc3c3cc(N(c4ccc(-c5ccccc5)cc4)c4ccc5ccc6ccccc6c5c4)ccc13)C(C)(C)c1cc(N(c3ccc(-c4ccccc4)cc3)c3ccc4ccc5ccccc5c4c3)ccc1-2. The van der Waals surface area contributed by atoms with Crippen molar-refractivity contribution in [1.29, 1.82) is 0 Å². The number of fused-ring (bicyclic) bond motifs is 10. The van der Waals surface area contributed by atoms with E-state index < -0.39 is 0 Å². The second-order valence-electron chi connectivity index (χ2n) is 21.7. The van der Waals surface area contributed by atoms with Crippen LogP contribution in [0.5, 0.6) is 0 Å². The highest BCUT2D eigenvalue weighted by atomic mass is 15.1. The Morgan fingerprint density at radius 3 is 1.21 bits per heavy atom. The second-order valence-corrected chi connectivity index (χ2v) is 21.7. The van der Waals surface area contributed by atoms with Crippen LogP contribution in [0.15, 0.2) is 273 Å². The lowest BCUT2D eigenvalue weighted by atomic mass is 9.67. The molecule has 0 amide bonds. The average molecular weight is 995 g/mol. The van der Waals surface area contributed by atoms with Gasteiger partial charge >= 0.3 is 0 Å². The summed E-state index contributed by atoms with van der Waals surface area (Å²) in [7, 11) is 0. The second kappa shape index (κ2) is 17.9. The van der Waals surface area contributed by atoms with Crippen molar-refractivity contribution in [3.63, 3.8) is 0 Å². The van der Waals surface area contributed by atoms with E-state index in [1.54, 1.807) is 0 Å². The molecule has 0 saturated heterocycles. The fourth-order valence-electron chi connectivity index (χ4n) is 13.0. The Bertz CT molecular complexity index is 4690. The Morgan fingerprint density at radius 1 is 0.269 bits per heavy atom. The van der Waals surface area contributed by atoms with E-state index in [4.69, 9.17) is 0 Å². The minimum absolute atomic E-state index is 0.321. The molecule has 2 nitrogen and oxygen atoms in total. The Hall–Kier alpha value is -9.76. The third-order valence-corrected chi connectivity index (χ3v) is 17.0. The summed E-state index contributed by atoms with van der Waals surface area (Å²) in [5.74, 6) is 0. The Morgan fingerprint density at radius 2 is 0.667 bits per heavy atom. The summed E-state index contributed by atoms with van der Waals surface area (Å²) in [5, 5.41) is 15.1. The van der Waals surface area contributed by atoms with Crippen molar-refractivity contribution in [1.82, 2.24) is 0 Å². The van der Waals surface area contributed by atoms with Gasteiger partial charge in [0, 0.05) is 39.5 Å². The third kappa shape index (κ3) is 7.32. The monoisotopic (exact) mass is 994 g/mol. The molecule has 0 bridgehead atoms. The summed E-state index contributed by atoms with van der Waals surface area (Å²) in [6.07, 6.45) is 0. The molecule has 1 aliphatic rings. The number of nitrogens with zero attached hydrogens (tertiary/aromatic N) is 2. The van der Waals surface area contributed by atoms with Gasteiger partial charge in [-0.1, -0.05) is 214 Å². The van der Waals surface area contributed by atoms with Crippen LogP contribution in [-0.2, 0) is 5.41 Å². The van der Waals surface area contributed by atoms with Gasteiger partial charge < -0.3 is 9.80 Å². The zero-order chi connectivity index (χ0) is 52.1. The zero-order valence-electron chi connectivity index (χ0n) is 43.9. The van der Waals surface area contributed by atoms with Gasteiger partial charge in [-0.3, -0.25) is 0 Å². The molecule has 1 aliphatic carbocycles. The van der Waals surface area contributed by atoms with Gasteiger partial charge in [-0.2, -0.15) is 0 Å². The fourth-order valence-corrected chi connectivity index (χ4v) is 13.0. The first-order valence-corrected chi connectivity index (χ1v) is 27.2. The molecule has 0 unspecified atom stereocenters. The molecule has 14 aromatic rings. The van der Waals surface area contributed by atoms with E-state index in [2.05, 4.69) is 304 Å². The van der Waals surface area contributed by atoms with Crippen molar-refractivity contribution < 1.29 is 0 Å². The van der Waals surface area contributed by atoms with Gasteiger partial charge in [0.05, 0.1) is 0 Å². The lowest BCUT2D eigenvalue weighted by molar-refractivity contribution is 0.645. The van der Waals surface area contributed by atoms with Crippen molar-refractivity contribution in [3.8, 4) is 33.4 Å².